The van der Waals surface area contributed by atoms with Crippen LogP contribution in [0.5, 0.6) is 5.75 Å². The molecular weight excluding hydrogens is 265 g/mol. The number of hydrogen-bond acceptors (Lipinski definition) is 4. The third kappa shape index (κ3) is 3.59. The van der Waals surface area contributed by atoms with Gasteiger partial charge in [-0.1, -0.05) is 0 Å². The zero-order chi connectivity index (χ0) is 13.7. The number of phenols is 1. The van der Waals surface area contributed by atoms with Crippen molar-refractivity contribution in [3.8, 4) is 5.75 Å². The number of benzene rings is 1. The molecule has 0 aromatic heterocycles. The van der Waals surface area contributed by atoms with Crippen molar-refractivity contribution in [1.29, 1.82) is 0 Å². The highest BCUT2D eigenvalue weighted by atomic mass is 35.5. The lowest BCUT2D eigenvalue weighted by Gasteiger charge is -2.09. The average Bonchev–Trinajstić information content (AvgIpc) is 2.34. The van der Waals surface area contributed by atoms with Gasteiger partial charge in [-0.25, -0.2) is 4.39 Å². The Balaban J connectivity index is 2.63. The minimum Gasteiger partial charge on any atom is -0.508 e. The van der Waals surface area contributed by atoms with Gasteiger partial charge in [0.05, 0.1) is 12.7 Å². The van der Waals surface area contributed by atoms with Gasteiger partial charge in [-0.3, -0.25) is 9.59 Å². The molecule has 0 heterocycles. The zero-order valence-electron chi connectivity index (χ0n) is 9.44. The predicted molar refractivity (Wildman–Crippen MR) is 62.1 cm³/mol. The van der Waals surface area contributed by atoms with E-state index in [2.05, 4.69) is 10.1 Å². The summed E-state index contributed by atoms with van der Waals surface area (Å²) in [6.07, 6.45) is 0. The van der Waals surface area contributed by atoms with Crippen LogP contribution in [-0.4, -0.2) is 36.0 Å². The first-order valence-electron chi connectivity index (χ1n) is 4.94. The number of amides is 1. The fraction of sp³-hybridized carbons (Fsp3) is 0.273. The third-order valence-electron chi connectivity index (χ3n) is 2.10. The van der Waals surface area contributed by atoms with Gasteiger partial charge in [-0.05, 0) is 12.1 Å². The zero-order valence-corrected chi connectivity index (χ0v) is 10.2. The number of nitrogens with one attached hydrogen (secondary N) is 1. The van der Waals surface area contributed by atoms with Crippen LogP contribution >= 0.6 is 11.6 Å². The van der Waals surface area contributed by atoms with Crippen LogP contribution < -0.4 is 5.32 Å². The van der Waals surface area contributed by atoms with E-state index in [0.717, 1.165) is 12.1 Å². The van der Waals surface area contributed by atoms with E-state index < -0.39 is 23.1 Å². The molecule has 0 aliphatic carbocycles. The van der Waals surface area contributed by atoms with Crippen LogP contribution in [0.4, 0.5) is 4.39 Å². The van der Waals surface area contributed by atoms with E-state index in [1.807, 2.05) is 0 Å². The van der Waals surface area contributed by atoms with Crippen molar-refractivity contribution in [2.45, 2.75) is 5.38 Å². The second kappa shape index (κ2) is 6.20. The first kappa shape index (κ1) is 14.2. The average molecular weight is 276 g/mol. The van der Waals surface area contributed by atoms with Crippen molar-refractivity contribution in [3.63, 3.8) is 0 Å². The molecule has 7 heteroatoms. The molecule has 1 amide bonds. The molecule has 0 radical (unpaired) electrons. The van der Waals surface area contributed by atoms with E-state index in [1.54, 1.807) is 0 Å². The first-order valence-corrected chi connectivity index (χ1v) is 5.38. The molecule has 1 aromatic carbocycles. The summed E-state index contributed by atoms with van der Waals surface area (Å²) in [5, 5.41) is 10.2. The maximum absolute atomic E-state index is 13.3. The summed E-state index contributed by atoms with van der Waals surface area (Å²) in [5.41, 5.74) is -0.249. The van der Waals surface area contributed by atoms with Crippen molar-refractivity contribution < 1.29 is 23.8 Å². The number of phenolic OH excluding ortho intramolecular Hbond substituents is 1. The smallest absolute Gasteiger partial charge is 0.325 e. The van der Waals surface area contributed by atoms with Gasteiger partial charge in [0.15, 0.2) is 0 Å². The summed E-state index contributed by atoms with van der Waals surface area (Å²) in [6, 6.07) is 3.12. The molecule has 0 saturated carbocycles. The van der Waals surface area contributed by atoms with Gasteiger partial charge in [0.25, 0.3) is 5.91 Å². The van der Waals surface area contributed by atoms with E-state index in [1.165, 1.54) is 13.2 Å². The third-order valence-corrected chi connectivity index (χ3v) is 2.43. The van der Waals surface area contributed by atoms with Crippen LogP contribution in [0, 0.1) is 5.82 Å². The van der Waals surface area contributed by atoms with Crippen LogP contribution in [0.2, 0.25) is 0 Å². The van der Waals surface area contributed by atoms with Crippen molar-refractivity contribution >= 4 is 23.5 Å². The Kier molecular flexibility index (Phi) is 4.91. The van der Waals surface area contributed by atoms with Crippen molar-refractivity contribution in [2.24, 2.45) is 0 Å². The number of aromatic hydroxyl groups is 1. The molecule has 0 fully saturated rings. The highest BCUT2D eigenvalue weighted by molar-refractivity contribution is 6.30. The number of alkyl halides is 1. The maximum atomic E-state index is 13.3. The molecule has 5 nitrogen and oxygen atoms in total. The molecule has 1 atom stereocenters. The Bertz CT molecular complexity index is 466. The minimum atomic E-state index is -1.04. The normalized spacial score (nSPS) is 11.7. The number of halogens is 2. The van der Waals surface area contributed by atoms with Crippen molar-refractivity contribution in [1.82, 2.24) is 5.32 Å². The second-order valence-corrected chi connectivity index (χ2v) is 3.89. The summed E-state index contributed by atoms with van der Waals surface area (Å²) in [7, 11) is 1.17. The van der Waals surface area contributed by atoms with Crippen LogP contribution in [0.1, 0.15) is 10.4 Å². The second-order valence-electron chi connectivity index (χ2n) is 3.36. The van der Waals surface area contributed by atoms with E-state index in [0.29, 0.717) is 0 Å². The van der Waals surface area contributed by atoms with Gasteiger partial charge in [-0.15, -0.1) is 11.6 Å². The maximum Gasteiger partial charge on any atom is 0.325 e. The Morgan fingerprint density at radius 2 is 2.22 bits per heavy atom. The SMILES string of the molecule is COC(=O)C(Cl)CNC(=O)c1ccc(O)cc1F. The van der Waals surface area contributed by atoms with E-state index in [-0.39, 0.29) is 17.9 Å². The number of ether oxygens (including phenoxy) is 1. The van der Waals surface area contributed by atoms with Crippen LogP contribution in [0.15, 0.2) is 18.2 Å². The number of hydrogen-bond donors (Lipinski definition) is 2. The van der Waals surface area contributed by atoms with E-state index in [9.17, 15) is 14.0 Å². The largest absolute Gasteiger partial charge is 0.508 e. The molecule has 0 bridgehead atoms. The number of rotatable bonds is 4. The van der Waals surface area contributed by atoms with Crippen LogP contribution in [-0.2, 0) is 9.53 Å². The molecule has 1 aromatic rings. The van der Waals surface area contributed by atoms with Crippen LogP contribution in [0.25, 0.3) is 0 Å². The Morgan fingerprint density at radius 3 is 2.78 bits per heavy atom. The standard InChI is InChI=1S/C11H11ClFNO4/c1-18-11(17)8(12)5-14-10(16)7-3-2-6(15)4-9(7)13/h2-4,8,15H,5H2,1H3,(H,14,16). The highest BCUT2D eigenvalue weighted by Crippen LogP contribution is 2.14. The molecule has 0 spiro atoms. The van der Waals surface area contributed by atoms with E-state index >= 15 is 0 Å². The summed E-state index contributed by atoms with van der Waals surface area (Å²) < 4.78 is 17.7. The first-order chi connectivity index (χ1) is 8.45. The van der Waals surface area contributed by atoms with Gasteiger partial charge in [0.1, 0.15) is 16.9 Å². The topological polar surface area (TPSA) is 75.6 Å². The molecule has 98 valence electrons. The summed E-state index contributed by atoms with van der Waals surface area (Å²) in [4.78, 5) is 22.5. The number of carbonyl (C=O) groups excluding carboxylic acids is 2. The predicted octanol–water partition coefficient (Wildman–Crippen LogP) is 1.04. The molecule has 1 unspecified atom stereocenters. The van der Waals surface area contributed by atoms with Crippen LogP contribution in [0.3, 0.4) is 0 Å². The molecular formula is C11H11ClFNO4. The molecule has 18 heavy (non-hydrogen) atoms. The van der Waals surface area contributed by atoms with Gasteiger partial charge in [0, 0.05) is 12.6 Å². The number of esters is 1. The minimum absolute atomic E-state index is 0.187. The molecule has 0 aliphatic heterocycles. The number of carbonyl (C=O) groups is 2. The molecule has 2 N–H and O–H groups in total. The molecule has 0 saturated heterocycles. The molecule has 0 aliphatic rings. The fourth-order valence-corrected chi connectivity index (χ4v) is 1.34. The lowest BCUT2D eigenvalue weighted by Crippen LogP contribution is -2.34. The lowest BCUT2D eigenvalue weighted by atomic mass is 10.2. The van der Waals surface area contributed by atoms with Gasteiger partial charge in [-0.2, -0.15) is 0 Å². The van der Waals surface area contributed by atoms with Gasteiger partial charge in [0.2, 0.25) is 0 Å². The Morgan fingerprint density at radius 1 is 1.56 bits per heavy atom. The Labute approximate surface area is 108 Å². The quantitative estimate of drug-likeness (QED) is 0.636. The Hall–Kier alpha value is -1.82. The number of methoxy groups -OCH3 is 1. The highest BCUT2D eigenvalue weighted by Gasteiger charge is 2.18. The lowest BCUT2D eigenvalue weighted by molar-refractivity contribution is -0.140. The van der Waals surface area contributed by atoms with E-state index in [4.69, 9.17) is 16.7 Å². The van der Waals surface area contributed by atoms with Gasteiger partial charge < -0.3 is 15.2 Å². The summed E-state index contributed by atoms with van der Waals surface area (Å²) >= 11 is 5.60. The van der Waals surface area contributed by atoms with Crippen molar-refractivity contribution in [2.75, 3.05) is 13.7 Å². The molecule has 1 rings (SSSR count). The monoisotopic (exact) mass is 275 g/mol. The fourth-order valence-electron chi connectivity index (χ4n) is 1.18. The summed E-state index contributed by atoms with van der Waals surface area (Å²) in [6.45, 7) is -0.187. The van der Waals surface area contributed by atoms with Gasteiger partial charge >= 0.3 is 5.97 Å². The summed E-state index contributed by atoms with van der Waals surface area (Å²) in [5.74, 6) is -2.57. The van der Waals surface area contributed by atoms with Crippen molar-refractivity contribution in [3.05, 3.63) is 29.6 Å².